The molecule has 0 radical (unpaired) electrons. The number of anilines is 1. The van der Waals surface area contributed by atoms with E-state index in [4.69, 9.17) is 0 Å². The number of hydrogen-bond acceptors (Lipinski definition) is 6. The number of nitriles is 1. The standard InChI is InChI=1S/C21H15N3O2S2/c1-12-2-4-13(5-3-12)17-10-28-21(24-17)15(9-22)20(26)14-6-7-18-16(8-14)23-19(25)11-27-18/h2-8,10,15H,11H2,1H3,(H,23,25). The van der Waals surface area contributed by atoms with Crippen molar-refractivity contribution in [2.45, 2.75) is 17.7 Å². The van der Waals surface area contributed by atoms with E-state index in [1.165, 1.54) is 23.1 Å². The molecule has 3 aromatic rings. The molecule has 4 rings (SSSR count). The van der Waals surface area contributed by atoms with Gasteiger partial charge in [0.1, 0.15) is 5.01 Å². The van der Waals surface area contributed by atoms with Crippen molar-refractivity contribution in [2.75, 3.05) is 11.1 Å². The number of nitrogens with one attached hydrogen (secondary N) is 1. The molecule has 28 heavy (non-hydrogen) atoms. The lowest BCUT2D eigenvalue weighted by molar-refractivity contribution is -0.113. The number of aromatic nitrogens is 1. The van der Waals surface area contributed by atoms with Gasteiger partial charge in [-0.05, 0) is 19.1 Å². The smallest absolute Gasteiger partial charge is 0.234 e. The second-order valence-corrected chi connectivity index (χ2v) is 8.32. The van der Waals surface area contributed by atoms with Gasteiger partial charge in [0.15, 0.2) is 11.7 Å². The molecule has 0 aliphatic carbocycles. The van der Waals surface area contributed by atoms with E-state index in [2.05, 4.69) is 16.4 Å². The van der Waals surface area contributed by atoms with Crippen LogP contribution in [-0.2, 0) is 4.79 Å². The van der Waals surface area contributed by atoms with Crippen LogP contribution in [0.15, 0.2) is 52.7 Å². The number of amides is 1. The summed E-state index contributed by atoms with van der Waals surface area (Å²) in [4.78, 5) is 30.0. The Hall–Kier alpha value is -2.95. The number of benzene rings is 2. The Labute approximate surface area is 170 Å². The van der Waals surface area contributed by atoms with Crippen molar-refractivity contribution >= 4 is 40.5 Å². The van der Waals surface area contributed by atoms with E-state index in [0.717, 1.165) is 21.7 Å². The lowest BCUT2D eigenvalue weighted by Crippen LogP contribution is -2.19. The van der Waals surface area contributed by atoms with Gasteiger partial charge >= 0.3 is 0 Å². The first kappa shape index (κ1) is 18.4. The fourth-order valence-corrected chi connectivity index (χ4v) is 4.56. The number of hydrogen-bond donors (Lipinski definition) is 1. The molecule has 1 amide bonds. The minimum atomic E-state index is -0.978. The van der Waals surface area contributed by atoms with Crippen LogP contribution in [0.2, 0.25) is 0 Å². The van der Waals surface area contributed by atoms with Gasteiger partial charge in [0.25, 0.3) is 0 Å². The van der Waals surface area contributed by atoms with Crippen LogP contribution in [0.1, 0.15) is 26.8 Å². The summed E-state index contributed by atoms with van der Waals surface area (Å²) >= 11 is 2.74. The Bertz CT molecular complexity index is 1110. The van der Waals surface area contributed by atoms with Crippen molar-refractivity contribution in [3.8, 4) is 17.3 Å². The van der Waals surface area contributed by atoms with Crippen LogP contribution < -0.4 is 5.32 Å². The number of rotatable bonds is 4. The Morgan fingerprint density at radius 1 is 1.25 bits per heavy atom. The average Bonchev–Trinajstić information content (AvgIpc) is 3.18. The summed E-state index contributed by atoms with van der Waals surface area (Å²) < 4.78 is 0. The van der Waals surface area contributed by atoms with Gasteiger partial charge in [-0.25, -0.2) is 4.98 Å². The number of thiazole rings is 1. The first-order chi connectivity index (χ1) is 13.5. The molecule has 7 heteroatoms. The molecule has 0 saturated heterocycles. The molecule has 2 aromatic carbocycles. The van der Waals surface area contributed by atoms with E-state index in [0.29, 0.717) is 22.0 Å². The lowest BCUT2D eigenvalue weighted by atomic mass is 9.99. The predicted octanol–water partition coefficient (Wildman–Crippen LogP) is 4.65. The maximum absolute atomic E-state index is 13.0. The van der Waals surface area contributed by atoms with E-state index < -0.39 is 5.92 Å². The van der Waals surface area contributed by atoms with Crippen LogP contribution in [0.25, 0.3) is 11.3 Å². The molecule has 0 bridgehead atoms. The van der Waals surface area contributed by atoms with Crippen molar-refractivity contribution in [1.29, 1.82) is 5.26 Å². The minimum Gasteiger partial charge on any atom is -0.324 e. The number of aryl methyl sites for hydroxylation is 1. The third-order valence-electron chi connectivity index (χ3n) is 4.40. The van der Waals surface area contributed by atoms with Gasteiger partial charge in [-0.3, -0.25) is 9.59 Å². The first-order valence-electron chi connectivity index (χ1n) is 8.58. The van der Waals surface area contributed by atoms with Crippen LogP contribution in [-0.4, -0.2) is 22.4 Å². The molecule has 0 saturated carbocycles. The van der Waals surface area contributed by atoms with Crippen molar-refractivity contribution in [1.82, 2.24) is 4.98 Å². The topological polar surface area (TPSA) is 82.9 Å². The first-order valence-corrected chi connectivity index (χ1v) is 10.4. The Kier molecular flexibility index (Phi) is 4.99. The maximum atomic E-state index is 13.0. The molecule has 1 unspecified atom stereocenters. The van der Waals surface area contributed by atoms with Gasteiger partial charge in [-0.1, -0.05) is 35.9 Å². The number of ketones is 1. The van der Waals surface area contributed by atoms with E-state index >= 15 is 0 Å². The summed E-state index contributed by atoms with van der Waals surface area (Å²) in [7, 11) is 0. The zero-order chi connectivity index (χ0) is 19.7. The van der Waals surface area contributed by atoms with Gasteiger partial charge in [-0.15, -0.1) is 23.1 Å². The lowest BCUT2D eigenvalue weighted by Gasteiger charge is -2.17. The molecule has 2 heterocycles. The monoisotopic (exact) mass is 405 g/mol. The number of carbonyl (C=O) groups excluding carboxylic acids is 2. The summed E-state index contributed by atoms with van der Waals surface area (Å²) in [6, 6.07) is 15.2. The molecule has 1 atom stereocenters. The van der Waals surface area contributed by atoms with Crippen molar-refractivity contribution < 1.29 is 9.59 Å². The van der Waals surface area contributed by atoms with Crippen LogP contribution >= 0.6 is 23.1 Å². The van der Waals surface area contributed by atoms with Crippen molar-refractivity contribution in [2.24, 2.45) is 0 Å². The SMILES string of the molecule is Cc1ccc(-c2csc(C(C#N)C(=O)c3ccc4c(c3)NC(=O)CS4)n2)cc1. The van der Waals surface area contributed by atoms with E-state index in [1.54, 1.807) is 18.2 Å². The average molecular weight is 406 g/mol. The van der Waals surface area contributed by atoms with E-state index in [-0.39, 0.29) is 11.7 Å². The molecule has 1 N–H and O–H groups in total. The third kappa shape index (κ3) is 3.57. The quantitative estimate of drug-likeness (QED) is 0.639. The number of fused-ring (bicyclic) bond motifs is 1. The number of thioether (sulfide) groups is 1. The number of carbonyl (C=O) groups is 2. The molecular formula is C21H15N3O2S2. The predicted molar refractivity (Wildman–Crippen MR) is 111 cm³/mol. The van der Waals surface area contributed by atoms with Gasteiger partial charge in [0.05, 0.1) is 23.2 Å². The van der Waals surface area contributed by atoms with Crippen molar-refractivity contribution in [3.63, 3.8) is 0 Å². The van der Waals surface area contributed by atoms with Crippen LogP contribution in [0, 0.1) is 18.3 Å². The fraction of sp³-hybridized carbons (Fsp3) is 0.143. The highest BCUT2D eigenvalue weighted by atomic mass is 32.2. The highest BCUT2D eigenvalue weighted by molar-refractivity contribution is 8.00. The second-order valence-electron chi connectivity index (χ2n) is 6.41. The Morgan fingerprint density at radius 3 is 2.79 bits per heavy atom. The Balaban J connectivity index is 1.62. The fourth-order valence-electron chi connectivity index (χ4n) is 2.91. The minimum absolute atomic E-state index is 0.0957. The highest BCUT2D eigenvalue weighted by Gasteiger charge is 2.26. The van der Waals surface area contributed by atoms with Gasteiger partial charge in [-0.2, -0.15) is 5.26 Å². The van der Waals surface area contributed by atoms with Crippen molar-refractivity contribution in [3.05, 3.63) is 64.0 Å². The zero-order valence-electron chi connectivity index (χ0n) is 14.9. The van der Waals surface area contributed by atoms with E-state index in [9.17, 15) is 14.9 Å². The largest absolute Gasteiger partial charge is 0.324 e. The van der Waals surface area contributed by atoms with Gasteiger partial charge < -0.3 is 5.32 Å². The van der Waals surface area contributed by atoms with Crippen LogP contribution in [0.4, 0.5) is 5.69 Å². The molecule has 0 fully saturated rings. The maximum Gasteiger partial charge on any atom is 0.234 e. The molecule has 138 valence electrons. The number of Topliss-reactive ketones (excluding diaryl/α,β-unsaturated/α-hetero) is 1. The Morgan fingerprint density at radius 2 is 2.04 bits per heavy atom. The summed E-state index contributed by atoms with van der Waals surface area (Å²) in [6.45, 7) is 2.01. The number of nitrogens with zero attached hydrogens (tertiary/aromatic N) is 2. The molecule has 1 aliphatic heterocycles. The summed E-state index contributed by atoms with van der Waals surface area (Å²) in [6.07, 6.45) is 0. The molecule has 5 nitrogen and oxygen atoms in total. The molecular weight excluding hydrogens is 390 g/mol. The molecule has 1 aliphatic rings. The highest BCUT2D eigenvalue weighted by Crippen LogP contribution is 2.34. The van der Waals surface area contributed by atoms with E-state index in [1.807, 2.05) is 36.6 Å². The summed E-state index contributed by atoms with van der Waals surface area (Å²) in [5, 5.41) is 14.7. The third-order valence-corrected chi connectivity index (χ3v) is 6.39. The normalized spacial score (nSPS) is 13.9. The van der Waals surface area contributed by atoms with Gasteiger partial charge in [0, 0.05) is 21.4 Å². The van der Waals surface area contributed by atoms with Crippen LogP contribution in [0.5, 0.6) is 0 Å². The molecule has 0 spiro atoms. The summed E-state index contributed by atoms with van der Waals surface area (Å²) in [5.41, 5.74) is 3.86. The second kappa shape index (κ2) is 7.58. The zero-order valence-corrected chi connectivity index (χ0v) is 16.6. The summed E-state index contributed by atoms with van der Waals surface area (Å²) in [5.74, 6) is -1.03. The van der Waals surface area contributed by atoms with Crippen LogP contribution in [0.3, 0.4) is 0 Å². The van der Waals surface area contributed by atoms with Gasteiger partial charge in [0.2, 0.25) is 5.91 Å². The molecule has 1 aromatic heterocycles.